The largest absolute Gasteiger partial charge is 0.444 e. The second-order valence-electron chi connectivity index (χ2n) is 3.64. The van der Waals surface area contributed by atoms with Crippen LogP contribution >= 0.6 is 0 Å². The molecule has 0 unspecified atom stereocenters. The molecule has 0 aromatic rings. The summed E-state index contributed by atoms with van der Waals surface area (Å²) in [5.74, 6) is 0. The third kappa shape index (κ3) is 6.16. The smallest absolute Gasteiger partial charge is 0.411 e. The first-order chi connectivity index (χ1) is 5.89. The Balaban J connectivity index is 4.02. The summed E-state index contributed by atoms with van der Waals surface area (Å²) in [5, 5.41) is 2.55. The average Bonchev–Trinajstić information content (AvgIpc) is 1.96. The lowest BCUT2D eigenvalue weighted by Gasteiger charge is -2.20. The molecule has 1 amide bonds. The Morgan fingerprint density at radius 2 is 2.08 bits per heavy atom. The molecule has 0 aliphatic rings. The molecule has 0 saturated carbocycles. The zero-order valence-corrected chi connectivity index (χ0v) is 8.68. The number of alkyl carbamates (subject to hydrolysis) is 1. The van der Waals surface area contributed by atoms with E-state index in [2.05, 4.69) is 5.32 Å². The highest BCUT2D eigenvalue weighted by Crippen LogP contribution is 2.06. The lowest BCUT2D eigenvalue weighted by atomic mass is 10.2. The molecule has 0 aliphatic carbocycles. The van der Waals surface area contributed by atoms with Crippen LogP contribution in [0.1, 0.15) is 27.7 Å². The van der Waals surface area contributed by atoms with Crippen molar-refractivity contribution in [2.24, 2.45) is 5.73 Å². The highest BCUT2D eigenvalue weighted by Gasteiger charge is 2.16. The van der Waals surface area contributed by atoms with E-state index in [1.54, 1.807) is 13.0 Å². The predicted octanol–water partition coefficient (Wildman–Crippen LogP) is 1.37. The summed E-state index contributed by atoms with van der Waals surface area (Å²) in [4.78, 5) is 11.2. The number of rotatable bonds is 2. The molecule has 0 aromatic heterocycles. The van der Waals surface area contributed by atoms with Gasteiger partial charge >= 0.3 is 6.09 Å². The van der Waals surface area contributed by atoms with Gasteiger partial charge in [0.25, 0.3) is 0 Å². The summed E-state index contributed by atoms with van der Waals surface area (Å²) in [6.45, 7) is 7.54. The van der Waals surface area contributed by atoms with Crippen molar-refractivity contribution in [2.75, 3.05) is 6.54 Å². The quantitative estimate of drug-likeness (QED) is 0.684. The molecule has 13 heavy (non-hydrogen) atoms. The minimum absolute atomic E-state index is 0.301. The van der Waals surface area contributed by atoms with Crippen LogP contribution in [0.5, 0.6) is 0 Å². The number of carbonyl (C=O) groups is 1. The molecular weight excluding hydrogens is 168 g/mol. The Hall–Kier alpha value is -1.03. The van der Waals surface area contributed by atoms with E-state index in [0.29, 0.717) is 12.2 Å². The van der Waals surface area contributed by atoms with Gasteiger partial charge in [-0.25, -0.2) is 4.79 Å². The van der Waals surface area contributed by atoms with Crippen LogP contribution in [-0.4, -0.2) is 18.2 Å². The van der Waals surface area contributed by atoms with E-state index in [4.69, 9.17) is 10.5 Å². The number of ether oxygens (including phenoxy) is 1. The lowest BCUT2D eigenvalue weighted by molar-refractivity contribution is 0.0545. The molecule has 4 nitrogen and oxygen atoms in total. The van der Waals surface area contributed by atoms with Crippen LogP contribution in [-0.2, 0) is 4.74 Å². The van der Waals surface area contributed by atoms with Crippen LogP contribution in [0.4, 0.5) is 4.79 Å². The first-order valence-electron chi connectivity index (χ1n) is 4.24. The fraction of sp³-hybridized carbons (Fsp3) is 0.667. The maximum Gasteiger partial charge on any atom is 0.411 e. The molecule has 0 heterocycles. The molecule has 4 heteroatoms. The highest BCUT2D eigenvalue weighted by molar-refractivity contribution is 5.70. The summed E-state index contributed by atoms with van der Waals surface area (Å²) in [5.41, 5.74) is 5.54. The predicted molar refractivity (Wildman–Crippen MR) is 52.2 cm³/mol. The molecular formula is C9H18N2O2. The molecule has 0 spiro atoms. The first-order valence-corrected chi connectivity index (χ1v) is 4.24. The number of hydrogen-bond acceptors (Lipinski definition) is 3. The van der Waals surface area contributed by atoms with E-state index in [1.807, 2.05) is 20.8 Å². The molecule has 0 fully saturated rings. The maximum atomic E-state index is 11.2. The van der Waals surface area contributed by atoms with Gasteiger partial charge in [-0.05, 0) is 27.7 Å². The summed E-state index contributed by atoms with van der Waals surface area (Å²) >= 11 is 0. The number of carbonyl (C=O) groups excluding carboxylic acids is 1. The number of hydrogen-bond donors (Lipinski definition) is 2. The minimum Gasteiger partial charge on any atom is -0.444 e. The highest BCUT2D eigenvalue weighted by atomic mass is 16.6. The molecule has 3 N–H and O–H groups in total. The van der Waals surface area contributed by atoms with Crippen LogP contribution in [0, 0.1) is 0 Å². The minimum atomic E-state index is -0.475. The fourth-order valence-corrected chi connectivity index (χ4v) is 0.676. The molecule has 0 aliphatic heterocycles. The van der Waals surface area contributed by atoms with Gasteiger partial charge in [0.05, 0.1) is 0 Å². The van der Waals surface area contributed by atoms with Crippen LogP contribution in [0.3, 0.4) is 0 Å². The van der Waals surface area contributed by atoms with Crippen molar-refractivity contribution in [1.29, 1.82) is 0 Å². The molecule has 0 saturated heterocycles. The Morgan fingerprint density at radius 1 is 1.54 bits per heavy atom. The van der Waals surface area contributed by atoms with Crippen LogP contribution in [0.15, 0.2) is 11.8 Å². The van der Waals surface area contributed by atoms with E-state index >= 15 is 0 Å². The SMILES string of the molecule is C/C=C(/CN)NC(=O)OC(C)(C)C. The van der Waals surface area contributed by atoms with Gasteiger partial charge in [0.2, 0.25) is 0 Å². The van der Waals surface area contributed by atoms with E-state index in [-0.39, 0.29) is 0 Å². The van der Waals surface area contributed by atoms with E-state index in [9.17, 15) is 4.79 Å². The summed E-state index contributed by atoms with van der Waals surface area (Å²) in [6, 6.07) is 0. The topological polar surface area (TPSA) is 64.3 Å². The number of nitrogens with two attached hydrogens (primary N) is 1. The molecule has 76 valence electrons. The zero-order valence-electron chi connectivity index (χ0n) is 8.68. The van der Waals surface area contributed by atoms with Crippen molar-refractivity contribution in [3.8, 4) is 0 Å². The second-order valence-corrected chi connectivity index (χ2v) is 3.64. The van der Waals surface area contributed by atoms with Crippen molar-refractivity contribution in [2.45, 2.75) is 33.3 Å². The van der Waals surface area contributed by atoms with Crippen LogP contribution in [0.2, 0.25) is 0 Å². The van der Waals surface area contributed by atoms with Crippen LogP contribution in [0.25, 0.3) is 0 Å². The van der Waals surface area contributed by atoms with Gasteiger partial charge in [-0.15, -0.1) is 0 Å². The van der Waals surface area contributed by atoms with Gasteiger partial charge in [0.15, 0.2) is 0 Å². The molecule has 0 rings (SSSR count). The fourth-order valence-electron chi connectivity index (χ4n) is 0.676. The zero-order chi connectivity index (χ0) is 10.5. The van der Waals surface area contributed by atoms with Gasteiger partial charge < -0.3 is 10.5 Å². The Labute approximate surface area is 79.1 Å². The molecule has 0 atom stereocenters. The molecule has 0 radical (unpaired) electrons. The van der Waals surface area contributed by atoms with E-state index in [0.717, 1.165) is 0 Å². The van der Waals surface area contributed by atoms with Crippen molar-refractivity contribution < 1.29 is 9.53 Å². The molecule has 0 bridgehead atoms. The third-order valence-corrected chi connectivity index (χ3v) is 1.23. The van der Waals surface area contributed by atoms with E-state index in [1.165, 1.54) is 0 Å². The van der Waals surface area contributed by atoms with Gasteiger partial charge in [-0.1, -0.05) is 6.08 Å². The van der Waals surface area contributed by atoms with Crippen LogP contribution < -0.4 is 11.1 Å². The third-order valence-electron chi connectivity index (χ3n) is 1.23. The number of allylic oxidation sites excluding steroid dienone is 1. The maximum absolute atomic E-state index is 11.2. The van der Waals surface area contributed by atoms with Crippen molar-refractivity contribution >= 4 is 6.09 Å². The van der Waals surface area contributed by atoms with E-state index < -0.39 is 11.7 Å². The summed E-state index contributed by atoms with van der Waals surface area (Å²) < 4.78 is 5.03. The Kier molecular flexibility index (Phi) is 4.48. The Bertz CT molecular complexity index is 204. The standard InChI is InChI=1S/C9H18N2O2/c1-5-7(6-10)11-8(12)13-9(2,3)4/h5H,6,10H2,1-4H3,(H,11,12)/b7-5-. The van der Waals surface area contributed by atoms with Gasteiger partial charge in [0, 0.05) is 12.2 Å². The molecule has 0 aromatic carbocycles. The number of amides is 1. The summed E-state index contributed by atoms with van der Waals surface area (Å²) in [7, 11) is 0. The van der Waals surface area contributed by atoms with Gasteiger partial charge in [-0.3, -0.25) is 5.32 Å². The second kappa shape index (κ2) is 4.87. The Morgan fingerprint density at radius 3 is 2.38 bits per heavy atom. The summed E-state index contributed by atoms with van der Waals surface area (Å²) in [6.07, 6.45) is 1.27. The van der Waals surface area contributed by atoms with Crippen molar-refractivity contribution in [3.63, 3.8) is 0 Å². The van der Waals surface area contributed by atoms with Gasteiger partial charge in [0.1, 0.15) is 5.60 Å². The van der Waals surface area contributed by atoms with Crippen molar-refractivity contribution in [1.82, 2.24) is 5.32 Å². The lowest BCUT2D eigenvalue weighted by Crippen LogP contribution is -2.33. The number of nitrogens with one attached hydrogen (secondary N) is 1. The average molecular weight is 186 g/mol. The van der Waals surface area contributed by atoms with Gasteiger partial charge in [-0.2, -0.15) is 0 Å². The normalized spacial score (nSPS) is 12.5. The monoisotopic (exact) mass is 186 g/mol. The first kappa shape index (κ1) is 12.0. The van der Waals surface area contributed by atoms with Crippen molar-refractivity contribution in [3.05, 3.63) is 11.8 Å².